The molecule has 0 aliphatic heterocycles. The van der Waals surface area contributed by atoms with Crippen LogP contribution in [0.15, 0.2) is 59.4 Å². The number of benzene rings is 2. The van der Waals surface area contributed by atoms with Gasteiger partial charge in [0.05, 0.1) is 12.1 Å². The lowest BCUT2D eigenvalue weighted by Gasteiger charge is -2.14. The second-order valence-corrected chi connectivity index (χ2v) is 6.29. The van der Waals surface area contributed by atoms with Crippen molar-refractivity contribution >= 4 is 10.9 Å². The molecule has 5 nitrogen and oxygen atoms in total. The van der Waals surface area contributed by atoms with Crippen molar-refractivity contribution in [1.29, 1.82) is 0 Å². The lowest BCUT2D eigenvalue weighted by atomic mass is 10.1. The minimum Gasteiger partial charge on any atom is -0.457 e. The second kappa shape index (κ2) is 9.35. The van der Waals surface area contributed by atoms with Crippen LogP contribution in [0.1, 0.15) is 18.9 Å². The summed E-state index contributed by atoms with van der Waals surface area (Å²) < 4.78 is 13.1. The van der Waals surface area contributed by atoms with Crippen molar-refractivity contribution in [3.05, 3.63) is 70.5 Å². The van der Waals surface area contributed by atoms with Gasteiger partial charge in [-0.3, -0.25) is 4.79 Å². The van der Waals surface area contributed by atoms with Crippen LogP contribution in [0.5, 0.6) is 11.5 Å². The smallest absolute Gasteiger partial charge is 0.254 e. The van der Waals surface area contributed by atoms with Gasteiger partial charge >= 0.3 is 0 Å². The molecule has 0 fully saturated rings. The van der Waals surface area contributed by atoms with Gasteiger partial charge < -0.3 is 19.1 Å². The Morgan fingerprint density at radius 2 is 1.85 bits per heavy atom. The second-order valence-electron chi connectivity index (χ2n) is 6.29. The summed E-state index contributed by atoms with van der Waals surface area (Å²) in [5.74, 6) is 1.43. The van der Waals surface area contributed by atoms with Crippen LogP contribution in [-0.4, -0.2) is 29.5 Å². The Labute approximate surface area is 158 Å². The van der Waals surface area contributed by atoms with Gasteiger partial charge in [0.1, 0.15) is 11.5 Å². The maximum Gasteiger partial charge on any atom is 0.254 e. The van der Waals surface area contributed by atoms with E-state index in [4.69, 9.17) is 14.6 Å². The third-order valence-electron chi connectivity index (χ3n) is 4.39. The summed E-state index contributed by atoms with van der Waals surface area (Å²) in [5.41, 5.74) is 1.50. The molecule has 5 heteroatoms. The fraction of sp³-hybridized carbons (Fsp3) is 0.318. The van der Waals surface area contributed by atoms with E-state index < -0.39 is 0 Å². The zero-order valence-corrected chi connectivity index (χ0v) is 15.6. The fourth-order valence-electron chi connectivity index (χ4n) is 3.07. The molecule has 1 heterocycles. The van der Waals surface area contributed by atoms with E-state index in [0.717, 1.165) is 16.7 Å². The van der Waals surface area contributed by atoms with Crippen LogP contribution in [0.2, 0.25) is 0 Å². The van der Waals surface area contributed by atoms with Crippen LogP contribution >= 0.6 is 0 Å². The molecule has 0 amide bonds. The maximum absolute atomic E-state index is 12.9. The third kappa shape index (κ3) is 4.76. The molecule has 1 aromatic heterocycles. The summed E-state index contributed by atoms with van der Waals surface area (Å²) in [7, 11) is 0. The first kappa shape index (κ1) is 19.1. The molecule has 0 radical (unpaired) electrons. The van der Waals surface area contributed by atoms with E-state index in [1.807, 2.05) is 61.5 Å². The number of aliphatic hydroxyl groups excluding tert-OH is 1. The lowest BCUT2D eigenvalue weighted by Crippen LogP contribution is -2.26. The molecule has 0 aliphatic carbocycles. The highest BCUT2D eigenvalue weighted by Crippen LogP contribution is 2.25. The summed E-state index contributed by atoms with van der Waals surface area (Å²) in [6, 6.07) is 17.2. The minimum atomic E-state index is -0.0347. The van der Waals surface area contributed by atoms with Gasteiger partial charge in [0.15, 0.2) is 0 Å². The van der Waals surface area contributed by atoms with Crippen LogP contribution in [0.3, 0.4) is 0 Å². The van der Waals surface area contributed by atoms with Gasteiger partial charge in [-0.1, -0.05) is 18.2 Å². The number of hydrogen-bond acceptors (Lipinski definition) is 4. The van der Waals surface area contributed by atoms with E-state index in [1.54, 1.807) is 4.57 Å². The van der Waals surface area contributed by atoms with E-state index in [2.05, 4.69) is 0 Å². The molecule has 0 aliphatic rings. The van der Waals surface area contributed by atoms with Crippen LogP contribution < -0.4 is 10.3 Å². The highest BCUT2D eigenvalue weighted by molar-refractivity contribution is 5.81. The largest absolute Gasteiger partial charge is 0.457 e. The van der Waals surface area contributed by atoms with Gasteiger partial charge in [0.2, 0.25) is 0 Å². The molecule has 0 atom stereocenters. The molecule has 1 N–H and O–H groups in total. The average molecular weight is 367 g/mol. The molecule has 3 aromatic rings. The lowest BCUT2D eigenvalue weighted by molar-refractivity contribution is 0.139. The normalized spacial score (nSPS) is 11.0. The number of para-hydroxylation sites is 1. The number of aromatic nitrogens is 1. The number of ether oxygens (including phenoxy) is 2. The Bertz CT molecular complexity index is 934. The zero-order valence-electron chi connectivity index (χ0n) is 15.6. The van der Waals surface area contributed by atoms with Crippen molar-refractivity contribution in [2.45, 2.75) is 26.3 Å². The summed E-state index contributed by atoms with van der Waals surface area (Å²) >= 11 is 0. The summed E-state index contributed by atoms with van der Waals surface area (Å²) in [4.78, 5) is 12.9. The van der Waals surface area contributed by atoms with Crippen molar-refractivity contribution < 1.29 is 14.6 Å². The topological polar surface area (TPSA) is 60.7 Å². The molecule has 0 saturated carbocycles. The van der Waals surface area contributed by atoms with Crippen LogP contribution in [-0.2, 0) is 17.7 Å². The number of rotatable bonds is 9. The Hall–Kier alpha value is -2.63. The Balaban J connectivity index is 2.01. The molecular weight excluding hydrogens is 342 g/mol. The van der Waals surface area contributed by atoms with Crippen molar-refractivity contribution in [3.8, 4) is 11.5 Å². The highest BCUT2D eigenvalue weighted by atomic mass is 16.5. The van der Waals surface area contributed by atoms with E-state index >= 15 is 0 Å². The number of hydrogen-bond donors (Lipinski definition) is 1. The first-order chi connectivity index (χ1) is 13.2. The molecule has 3 rings (SSSR count). The number of aryl methyl sites for hydroxylation is 1. The molecule has 142 valence electrons. The molecule has 0 saturated heterocycles. The van der Waals surface area contributed by atoms with Gasteiger partial charge in [-0.05, 0) is 55.5 Å². The molecular formula is C22H25NO4. The SMILES string of the molecule is CCOCCn1c(=O)c(CCCO)cc2ccc(Oc3ccccc3)cc21. The predicted molar refractivity (Wildman–Crippen MR) is 107 cm³/mol. The Kier molecular flexibility index (Phi) is 6.63. The quantitative estimate of drug-likeness (QED) is 0.585. The first-order valence-corrected chi connectivity index (χ1v) is 9.31. The Morgan fingerprint density at radius 1 is 1.04 bits per heavy atom. The fourth-order valence-corrected chi connectivity index (χ4v) is 3.07. The Morgan fingerprint density at radius 3 is 2.59 bits per heavy atom. The van der Waals surface area contributed by atoms with Crippen molar-refractivity contribution in [2.75, 3.05) is 19.8 Å². The number of aliphatic hydroxyl groups is 1. The van der Waals surface area contributed by atoms with Crippen molar-refractivity contribution in [3.63, 3.8) is 0 Å². The summed E-state index contributed by atoms with van der Waals surface area (Å²) in [6.07, 6.45) is 1.13. The van der Waals surface area contributed by atoms with Crippen molar-refractivity contribution in [1.82, 2.24) is 4.57 Å². The van der Waals surface area contributed by atoms with Gasteiger partial charge in [-0.25, -0.2) is 0 Å². The monoisotopic (exact) mass is 367 g/mol. The summed E-state index contributed by atoms with van der Waals surface area (Å²) in [6.45, 7) is 3.56. The number of pyridine rings is 1. The zero-order chi connectivity index (χ0) is 19.1. The van der Waals surface area contributed by atoms with Gasteiger partial charge in [-0.2, -0.15) is 0 Å². The van der Waals surface area contributed by atoms with E-state index in [0.29, 0.717) is 43.9 Å². The van der Waals surface area contributed by atoms with E-state index in [9.17, 15) is 4.79 Å². The van der Waals surface area contributed by atoms with Crippen molar-refractivity contribution in [2.24, 2.45) is 0 Å². The van der Waals surface area contributed by atoms with Crippen LogP contribution in [0, 0.1) is 0 Å². The molecule has 0 unspecified atom stereocenters. The third-order valence-corrected chi connectivity index (χ3v) is 4.39. The molecule has 2 aromatic carbocycles. The van der Waals surface area contributed by atoms with Gasteiger partial charge in [-0.15, -0.1) is 0 Å². The van der Waals surface area contributed by atoms with Gasteiger partial charge in [0.25, 0.3) is 5.56 Å². The van der Waals surface area contributed by atoms with Crippen LogP contribution in [0.4, 0.5) is 0 Å². The van der Waals surface area contributed by atoms with E-state index in [-0.39, 0.29) is 12.2 Å². The van der Waals surface area contributed by atoms with Crippen LogP contribution in [0.25, 0.3) is 10.9 Å². The maximum atomic E-state index is 12.9. The minimum absolute atomic E-state index is 0.0347. The molecule has 0 bridgehead atoms. The van der Waals surface area contributed by atoms with Gasteiger partial charge in [0, 0.05) is 31.4 Å². The van der Waals surface area contributed by atoms with E-state index in [1.165, 1.54) is 0 Å². The predicted octanol–water partition coefficient (Wildman–Crippen LogP) is 3.76. The molecule has 0 spiro atoms. The highest BCUT2D eigenvalue weighted by Gasteiger charge is 2.11. The summed E-state index contributed by atoms with van der Waals surface area (Å²) in [5, 5.41) is 10.1. The number of nitrogens with zero attached hydrogens (tertiary/aromatic N) is 1. The number of fused-ring (bicyclic) bond motifs is 1. The molecule has 27 heavy (non-hydrogen) atoms. The first-order valence-electron chi connectivity index (χ1n) is 9.31. The standard InChI is InChI=1S/C22H25NO4/c1-2-26-14-12-23-21-16-20(27-19-8-4-3-5-9-19)11-10-17(21)15-18(22(23)25)7-6-13-24/h3-5,8-11,15-16,24H,2,6-7,12-14H2,1H3. The average Bonchev–Trinajstić information content (AvgIpc) is 2.69.